The summed E-state index contributed by atoms with van der Waals surface area (Å²) in [6.45, 7) is 2.96. The first-order valence-electron chi connectivity index (χ1n) is 12.4. The third kappa shape index (κ3) is 4.41. The van der Waals surface area contributed by atoms with E-state index in [9.17, 15) is 14.4 Å². The average Bonchev–Trinajstić information content (AvgIpc) is 2.87. The van der Waals surface area contributed by atoms with Crippen molar-refractivity contribution in [3.8, 4) is 29.0 Å². The molecule has 2 N–H and O–H groups in total. The third-order valence-electron chi connectivity index (χ3n) is 7.44. The van der Waals surface area contributed by atoms with Crippen molar-refractivity contribution in [2.24, 2.45) is 5.41 Å². The zero-order valence-electron chi connectivity index (χ0n) is 20.5. The lowest BCUT2D eigenvalue weighted by Gasteiger charge is -2.59. The van der Waals surface area contributed by atoms with Crippen LogP contribution >= 0.6 is 0 Å². The fourth-order valence-corrected chi connectivity index (χ4v) is 5.41. The van der Waals surface area contributed by atoms with Gasteiger partial charge in [-0.25, -0.2) is 14.4 Å². The first-order valence-corrected chi connectivity index (χ1v) is 12.4. The van der Waals surface area contributed by atoms with E-state index in [1.807, 2.05) is 0 Å². The van der Waals surface area contributed by atoms with Gasteiger partial charge in [0.1, 0.15) is 18.0 Å². The van der Waals surface area contributed by atoms with Gasteiger partial charge in [0.15, 0.2) is 11.4 Å². The molecule has 190 valence electrons. The van der Waals surface area contributed by atoms with Gasteiger partial charge in [-0.15, -0.1) is 0 Å². The predicted octanol–water partition coefficient (Wildman–Crippen LogP) is 2.37. The van der Waals surface area contributed by atoms with Gasteiger partial charge in [0, 0.05) is 37.8 Å². The Morgan fingerprint density at radius 3 is 2.76 bits per heavy atom. The Morgan fingerprint density at radius 2 is 2.05 bits per heavy atom. The minimum absolute atomic E-state index is 0.0415. The number of anilines is 1. The molecule has 0 bridgehead atoms. The molecule has 6 rings (SSSR count). The third-order valence-corrected chi connectivity index (χ3v) is 7.44. The van der Waals surface area contributed by atoms with E-state index >= 15 is 0 Å². The minimum atomic E-state index is -0.416. The van der Waals surface area contributed by atoms with E-state index in [4.69, 9.17) is 17.4 Å². The Bertz CT molecular complexity index is 1430. The molecule has 0 atom stereocenters. The number of rotatable bonds is 7. The van der Waals surface area contributed by atoms with Gasteiger partial charge < -0.3 is 24.9 Å². The number of amides is 1. The molecule has 1 aromatic carbocycles. The van der Waals surface area contributed by atoms with Crippen LogP contribution in [-0.4, -0.2) is 62.2 Å². The second kappa shape index (κ2) is 9.61. The van der Waals surface area contributed by atoms with Crippen LogP contribution in [0.2, 0.25) is 0 Å². The largest absolute Gasteiger partial charge is 0.554 e. The molecule has 1 aliphatic carbocycles. The molecule has 11 heteroatoms. The molecule has 1 amide bonds. The van der Waals surface area contributed by atoms with Gasteiger partial charge in [0.25, 0.3) is 5.91 Å². The summed E-state index contributed by atoms with van der Waals surface area (Å²) in [6.07, 6.45) is 3.13. The first-order chi connectivity index (χ1) is 18.5. The van der Waals surface area contributed by atoms with E-state index in [1.165, 1.54) is 12.1 Å². The summed E-state index contributed by atoms with van der Waals surface area (Å²) in [7, 11) is 5.38. The number of nitrogens with zero attached hydrogens (tertiary/aromatic N) is 4. The van der Waals surface area contributed by atoms with Crippen molar-refractivity contribution in [1.29, 1.82) is 5.26 Å². The Morgan fingerprint density at radius 1 is 1.24 bits per heavy atom. The summed E-state index contributed by atoms with van der Waals surface area (Å²) in [4.78, 5) is 24.0. The molecule has 3 aliphatic rings. The molecule has 2 radical (unpaired) electrons. The Labute approximate surface area is 220 Å². The molecule has 2 saturated heterocycles. The summed E-state index contributed by atoms with van der Waals surface area (Å²) in [5, 5.41) is 15.5. The highest BCUT2D eigenvalue weighted by Gasteiger charge is 2.54. The van der Waals surface area contributed by atoms with Gasteiger partial charge in [-0.3, -0.25) is 4.79 Å². The maximum atomic E-state index is 13.5. The second-order valence-electron chi connectivity index (χ2n) is 10.1. The molecule has 38 heavy (non-hydrogen) atoms. The molecular weight excluding hydrogens is 486 g/mol. The second-order valence-corrected chi connectivity index (χ2v) is 10.1. The Balaban J connectivity index is 1.17. The van der Waals surface area contributed by atoms with Crippen LogP contribution in [0.4, 0.5) is 10.1 Å². The van der Waals surface area contributed by atoms with Gasteiger partial charge in [-0.1, -0.05) is 0 Å². The molecule has 2 aliphatic heterocycles. The van der Waals surface area contributed by atoms with E-state index in [1.54, 1.807) is 36.5 Å². The number of pyridine rings is 2. The summed E-state index contributed by atoms with van der Waals surface area (Å²) in [5.41, 5.74) is 2.44. The summed E-state index contributed by atoms with van der Waals surface area (Å²) >= 11 is 0. The van der Waals surface area contributed by atoms with Crippen LogP contribution in [0.1, 0.15) is 28.9 Å². The topological polar surface area (TPSA) is 112 Å². The molecule has 0 unspecified atom stereocenters. The highest BCUT2D eigenvalue weighted by Crippen LogP contribution is 2.51. The minimum Gasteiger partial charge on any atom is -0.554 e. The number of carbonyl (C=O) groups is 1. The predicted molar refractivity (Wildman–Crippen MR) is 137 cm³/mol. The highest BCUT2D eigenvalue weighted by molar-refractivity contribution is 6.00. The van der Waals surface area contributed by atoms with Crippen LogP contribution in [0, 0.1) is 22.6 Å². The van der Waals surface area contributed by atoms with E-state index in [-0.39, 0.29) is 35.0 Å². The van der Waals surface area contributed by atoms with Crippen LogP contribution in [0.15, 0.2) is 48.7 Å². The molecule has 3 fully saturated rings. The zero-order valence-corrected chi connectivity index (χ0v) is 20.5. The quantitative estimate of drug-likeness (QED) is 0.466. The summed E-state index contributed by atoms with van der Waals surface area (Å²) in [5.74, 6) is -0.101. The zero-order chi connectivity index (χ0) is 26.3. The van der Waals surface area contributed by atoms with Gasteiger partial charge in [-0.05, 0) is 55.3 Å². The van der Waals surface area contributed by atoms with Crippen molar-refractivity contribution in [2.45, 2.75) is 25.0 Å². The summed E-state index contributed by atoms with van der Waals surface area (Å²) < 4.78 is 24.7. The molecule has 1 spiro atoms. The standard InChI is InChI=1S/C27H24BFN6O3/c28-38-26-20(2-1-7-32-26)21-4-6-23(24(34-21)25(36)33-18-12-31-13-18)37-19-9-27(10-19)14-35(15-27)22-5-3-17(29)8-16(22)11-30/h1-8,18-19,31H,9-10,12-15H2,(H,33,36). The molecule has 9 nitrogen and oxygen atoms in total. The molecule has 1 saturated carbocycles. The molecule has 3 aromatic rings. The lowest BCUT2D eigenvalue weighted by molar-refractivity contribution is -0.0344. The number of hydrogen-bond acceptors (Lipinski definition) is 8. The number of carbonyl (C=O) groups excluding carboxylic acids is 1. The maximum absolute atomic E-state index is 13.5. The molecule has 4 heterocycles. The highest BCUT2D eigenvalue weighted by atomic mass is 19.1. The number of ether oxygens (including phenoxy) is 1. The number of aromatic nitrogens is 2. The fourth-order valence-electron chi connectivity index (χ4n) is 5.41. The molecular formula is C27H24BFN6O3. The number of benzene rings is 1. The first kappa shape index (κ1) is 24.2. The monoisotopic (exact) mass is 510 g/mol. The van der Waals surface area contributed by atoms with Crippen LogP contribution in [0.5, 0.6) is 11.6 Å². The number of halogens is 1. The molecule has 2 aromatic heterocycles. The van der Waals surface area contributed by atoms with Crippen molar-refractivity contribution in [3.63, 3.8) is 0 Å². The Kier molecular flexibility index (Phi) is 6.12. The van der Waals surface area contributed by atoms with E-state index in [2.05, 4.69) is 31.6 Å². The Hall–Kier alpha value is -4.17. The van der Waals surface area contributed by atoms with Crippen LogP contribution < -0.4 is 24.9 Å². The maximum Gasteiger partial charge on any atom is 0.376 e. The summed E-state index contributed by atoms with van der Waals surface area (Å²) in [6, 6.07) is 13.4. The van der Waals surface area contributed by atoms with E-state index < -0.39 is 5.82 Å². The van der Waals surface area contributed by atoms with Gasteiger partial charge in [0.05, 0.1) is 28.6 Å². The lowest BCUT2D eigenvalue weighted by atomic mass is 9.61. The number of nitriles is 1. The van der Waals surface area contributed by atoms with Gasteiger partial charge in [0.2, 0.25) is 5.88 Å². The average molecular weight is 510 g/mol. The van der Waals surface area contributed by atoms with Crippen molar-refractivity contribution in [3.05, 3.63) is 65.7 Å². The van der Waals surface area contributed by atoms with E-state index in [0.717, 1.165) is 31.6 Å². The van der Waals surface area contributed by atoms with E-state index in [0.29, 0.717) is 35.7 Å². The van der Waals surface area contributed by atoms with Crippen molar-refractivity contribution >= 4 is 19.6 Å². The lowest BCUT2D eigenvalue weighted by Crippen LogP contribution is -2.65. The van der Waals surface area contributed by atoms with Crippen LogP contribution in [0.25, 0.3) is 11.3 Å². The number of hydrogen-bond donors (Lipinski definition) is 2. The normalized spacial score (nSPS) is 18.1. The SMILES string of the molecule is [B]Oc1ncccc1-c1ccc(OC2CC3(C2)CN(c2ccc(F)cc2C#N)C3)c(C(=O)NC2CNC2)n1. The number of nitrogens with one attached hydrogen (secondary N) is 2. The smallest absolute Gasteiger partial charge is 0.376 e. The van der Waals surface area contributed by atoms with Crippen LogP contribution in [-0.2, 0) is 0 Å². The van der Waals surface area contributed by atoms with Crippen molar-refractivity contribution in [2.75, 3.05) is 31.1 Å². The van der Waals surface area contributed by atoms with Crippen LogP contribution in [0.3, 0.4) is 0 Å². The van der Waals surface area contributed by atoms with Gasteiger partial charge >= 0.3 is 8.05 Å². The van der Waals surface area contributed by atoms with Gasteiger partial charge in [-0.2, -0.15) is 5.26 Å². The fraction of sp³-hybridized carbons (Fsp3) is 0.333. The van der Waals surface area contributed by atoms with Crippen molar-refractivity contribution < 1.29 is 18.6 Å². The van der Waals surface area contributed by atoms with Crippen molar-refractivity contribution in [1.82, 2.24) is 20.6 Å².